The zero-order chi connectivity index (χ0) is 12.0. The summed E-state index contributed by atoms with van der Waals surface area (Å²) in [5.41, 5.74) is 0.915. The van der Waals surface area contributed by atoms with E-state index in [0.29, 0.717) is 23.8 Å². The van der Waals surface area contributed by atoms with E-state index in [1.165, 1.54) is 6.07 Å². The van der Waals surface area contributed by atoms with Crippen LogP contribution in [0.3, 0.4) is 0 Å². The van der Waals surface area contributed by atoms with Crippen LogP contribution in [0.15, 0.2) is 16.6 Å². The summed E-state index contributed by atoms with van der Waals surface area (Å²) in [4.78, 5) is 10.8. The lowest BCUT2D eigenvalue weighted by Crippen LogP contribution is -1.99. The van der Waals surface area contributed by atoms with E-state index in [-0.39, 0.29) is 5.56 Å². The second-order valence-corrected chi connectivity index (χ2v) is 4.44. The van der Waals surface area contributed by atoms with Gasteiger partial charge < -0.3 is 4.74 Å². The zero-order valence-corrected chi connectivity index (χ0v) is 10.7. The molecule has 1 aromatic rings. The summed E-state index contributed by atoms with van der Waals surface area (Å²) in [6, 6.07) is 3.10. The first-order chi connectivity index (χ1) is 7.69. The summed E-state index contributed by atoms with van der Waals surface area (Å²) in [5.74, 6) is -0.467. The fraction of sp³-hybridized carbons (Fsp3) is 0.417. The summed E-state index contributed by atoms with van der Waals surface area (Å²) in [6.45, 7) is 0.687. The van der Waals surface area contributed by atoms with Crippen molar-refractivity contribution in [2.24, 2.45) is 0 Å². The van der Waals surface area contributed by atoms with E-state index < -0.39 is 5.82 Å². The number of carbonyl (C=O) groups is 1. The molecule has 0 radical (unpaired) electrons. The van der Waals surface area contributed by atoms with E-state index in [2.05, 4.69) is 15.9 Å². The molecule has 1 rings (SSSR count). The average Bonchev–Trinajstić information content (AvgIpc) is 2.24. The summed E-state index contributed by atoms with van der Waals surface area (Å²) in [5, 5.41) is 0. The molecule has 4 heteroatoms. The molecule has 0 spiro atoms. The molecule has 0 N–H and O–H groups in total. The molecule has 0 heterocycles. The second kappa shape index (κ2) is 6.76. The Hall–Kier alpha value is -0.740. The smallest absolute Gasteiger partial charge is 0.153 e. The first kappa shape index (κ1) is 13.3. The van der Waals surface area contributed by atoms with E-state index in [1.807, 2.05) is 0 Å². The molecule has 0 aliphatic heterocycles. The topological polar surface area (TPSA) is 26.3 Å². The van der Waals surface area contributed by atoms with Crippen LogP contribution in [0, 0.1) is 5.82 Å². The quantitative estimate of drug-likeness (QED) is 0.593. The van der Waals surface area contributed by atoms with Crippen molar-refractivity contribution in [2.45, 2.75) is 19.3 Å². The van der Waals surface area contributed by atoms with Crippen molar-refractivity contribution in [3.8, 4) is 0 Å². The number of hydrogen-bond acceptors (Lipinski definition) is 2. The number of rotatable bonds is 6. The van der Waals surface area contributed by atoms with Gasteiger partial charge in [0.15, 0.2) is 6.29 Å². The van der Waals surface area contributed by atoms with Crippen LogP contribution in [0.2, 0.25) is 0 Å². The van der Waals surface area contributed by atoms with Gasteiger partial charge in [-0.25, -0.2) is 4.39 Å². The van der Waals surface area contributed by atoms with Gasteiger partial charge in [-0.1, -0.05) is 15.9 Å². The maximum Gasteiger partial charge on any atom is 0.153 e. The van der Waals surface area contributed by atoms with Crippen LogP contribution in [0.5, 0.6) is 0 Å². The van der Waals surface area contributed by atoms with Crippen LogP contribution in [0.25, 0.3) is 0 Å². The number of aryl methyl sites for hydroxylation is 1. The molecule has 0 amide bonds. The molecule has 0 fully saturated rings. The minimum Gasteiger partial charge on any atom is -0.385 e. The van der Waals surface area contributed by atoms with Gasteiger partial charge in [-0.15, -0.1) is 0 Å². The normalized spacial score (nSPS) is 10.4. The standard InChI is InChI=1S/C12H14BrFO2/c1-16-5-3-2-4-9-6-10(13)7-12(14)11(9)8-15/h6-8H,2-5H2,1H3. The highest BCUT2D eigenvalue weighted by atomic mass is 79.9. The highest BCUT2D eigenvalue weighted by Crippen LogP contribution is 2.20. The molecule has 0 saturated carbocycles. The molecule has 0 aromatic heterocycles. The van der Waals surface area contributed by atoms with Crippen molar-refractivity contribution in [2.75, 3.05) is 13.7 Å². The average molecular weight is 289 g/mol. The van der Waals surface area contributed by atoms with Gasteiger partial charge in [0.1, 0.15) is 5.82 Å². The summed E-state index contributed by atoms with van der Waals surface area (Å²) >= 11 is 3.22. The molecule has 0 aliphatic rings. The molecular weight excluding hydrogens is 275 g/mol. The van der Waals surface area contributed by atoms with Crippen LogP contribution in [-0.4, -0.2) is 20.0 Å². The Morgan fingerprint density at radius 3 is 2.81 bits per heavy atom. The number of methoxy groups -OCH3 is 1. The van der Waals surface area contributed by atoms with Gasteiger partial charge in [0.25, 0.3) is 0 Å². The summed E-state index contributed by atoms with van der Waals surface area (Å²) in [6.07, 6.45) is 3.05. The predicted octanol–water partition coefficient (Wildman–Crippen LogP) is 3.37. The minimum absolute atomic E-state index is 0.167. The molecule has 0 atom stereocenters. The molecule has 0 bridgehead atoms. The van der Waals surface area contributed by atoms with Gasteiger partial charge in [0.05, 0.1) is 5.56 Å². The third-order valence-electron chi connectivity index (χ3n) is 2.34. The maximum absolute atomic E-state index is 13.4. The first-order valence-electron chi connectivity index (χ1n) is 5.11. The lowest BCUT2D eigenvalue weighted by molar-refractivity contribution is 0.111. The van der Waals surface area contributed by atoms with Crippen LogP contribution >= 0.6 is 15.9 Å². The Kier molecular flexibility index (Phi) is 5.63. The second-order valence-electron chi connectivity index (χ2n) is 3.53. The molecule has 88 valence electrons. The number of carbonyl (C=O) groups excluding carboxylic acids is 1. The van der Waals surface area contributed by atoms with E-state index in [9.17, 15) is 9.18 Å². The minimum atomic E-state index is -0.467. The van der Waals surface area contributed by atoms with E-state index >= 15 is 0 Å². The molecule has 1 aromatic carbocycles. The number of hydrogen-bond donors (Lipinski definition) is 0. The van der Waals surface area contributed by atoms with Gasteiger partial charge >= 0.3 is 0 Å². The molecule has 0 saturated heterocycles. The van der Waals surface area contributed by atoms with Gasteiger partial charge in [-0.3, -0.25) is 4.79 Å². The number of ether oxygens (including phenoxy) is 1. The Labute approximate surface area is 103 Å². The van der Waals surface area contributed by atoms with Crippen molar-refractivity contribution in [1.82, 2.24) is 0 Å². The monoisotopic (exact) mass is 288 g/mol. The highest BCUT2D eigenvalue weighted by molar-refractivity contribution is 9.10. The van der Waals surface area contributed by atoms with Gasteiger partial charge in [-0.2, -0.15) is 0 Å². The number of benzene rings is 1. The molecule has 2 nitrogen and oxygen atoms in total. The van der Waals surface area contributed by atoms with Crippen molar-refractivity contribution in [3.63, 3.8) is 0 Å². The van der Waals surface area contributed by atoms with E-state index in [4.69, 9.17) is 4.74 Å². The lowest BCUT2D eigenvalue weighted by atomic mass is 10.0. The largest absolute Gasteiger partial charge is 0.385 e. The molecular formula is C12H14BrFO2. The van der Waals surface area contributed by atoms with Gasteiger partial charge in [0, 0.05) is 18.2 Å². The van der Waals surface area contributed by atoms with Crippen LogP contribution in [0.1, 0.15) is 28.8 Å². The SMILES string of the molecule is COCCCCc1cc(Br)cc(F)c1C=O. The Bertz CT molecular complexity index is 366. The Morgan fingerprint density at radius 2 is 2.19 bits per heavy atom. The van der Waals surface area contributed by atoms with Crippen molar-refractivity contribution >= 4 is 22.2 Å². The first-order valence-corrected chi connectivity index (χ1v) is 5.90. The summed E-state index contributed by atoms with van der Waals surface area (Å²) in [7, 11) is 1.65. The van der Waals surface area contributed by atoms with E-state index in [1.54, 1.807) is 13.2 Å². The zero-order valence-electron chi connectivity index (χ0n) is 9.13. The van der Waals surface area contributed by atoms with E-state index in [0.717, 1.165) is 18.4 Å². The fourth-order valence-electron chi connectivity index (χ4n) is 1.54. The number of halogens is 2. The third kappa shape index (κ3) is 3.68. The van der Waals surface area contributed by atoms with Crippen molar-refractivity contribution < 1.29 is 13.9 Å². The van der Waals surface area contributed by atoms with Gasteiger partial charge in [0.2, 0.25) is 0 Å². The number of aldehydes is 1. The molecule has 16 heavy (non-hydrogen) atoms. The molecule has 0 aliphatic carbocycles. The summed E-state index contributed by atoms with van der Waals surface area (Å²) < 4.78 is 19.0. The fourth-order valence-corrected chi connectivity index (χ4v) is 2.02. The maximum atomic E-state index is 13.4. The van der Waals surface area contributed by atoms with Crippen molar-refractivity contribution in [1.29, 1.82) is 0 Å². The van der Waals surface area contributed by atoms with Crippen LogP contribution in [-0.2, 0) is 11.2 Å². The van der Waals surface area contributed by atoms with Gasteiger partial charge in [-0.05, 0) is 37.0 Å². The Balaban J connectivity index is 2.73. The lowest BCUT2D eigenvalue weighted by Gasteiger charge is -2.06. The third-order valence-corrected chi connectivity index (χ3v) is 2.80. The number of unbranched alkanes of at least 4 members (excludes halogenated alkanes) is 1. The Morgan fingerprint density at radius 1 is 1.44 bits per heavy atom. The predicted molar refractivity (Wildman–Crippen MR) is 64.3 cm³/mol. The van der Waals surface area contributed by atoms with Crippen molar-refractivity contribution in [3.05, 3.63) is 33.5 Å². The van der Waals surface area contributed by atoms with Crippen LogP contribution in [0.4, 0.5) is 4.39 Å². The molecule has 0 unspecified atom stereocenters. The van der Waals surface area contributed by atoms with Crippen LogP contribution < -0.4 is 0 Å². The highest BCUT2D eigenvalue weighted by Gasteiger charge is 2.09.